The van der Waals surface area contributed by atoms with E-state index < -0.39 is 0 Å². The predicted molar refractivity (Wildman–Crippen MR) is 64.0 cm³/mol. The number of nitrogens with one attached hydrogen (secondary N) is 1. The van der Waals surface area contributed by atoms with Gasteiger partial charge in [-0.2, -0.15) is 5.10 Å². The van der Waals surface area contributed by atoms with Gasteiger partial charge in [0.05, 0.1) is 18.4 Å². The summed E-state index contributed by atoms with van der Waals surface area (Å²) >= 11 is 1.54. The van der Waals surface area contributed by atoms with Crippen LogP contribution in [0.4, 0.5) is 5.69 Å². The van der Waals surface area contributed by atoms with Crippen LogP contribution in [0, 0.1) is 6.92 Å². The smallest absolute Gasteiger partial charge is 0.269 e. The van der Waals surface area contributed by atoms with E-state index in [1.165, 1.54) is 22.1 Å². The molecule has 0 amide bonds. The minimum atomic E-state index is -0.125. The molecule has 2 rings (SSSR count). The Hall–Kier alpha value is -1.69. The van der Waals surface area contributed by atoms with Crippen LogP contribution in [-0.4, -0.2) is 21.8 Å². The number of nitrogens with zero attached hydrogens (tertiary/aromatic N) is 3. The fourth-order valence-electron chi connectivity index (χ4n) is 1.29. The molecule has 0 aliphatic heterocycles. The van der Waals surface area contributed by atoms with E-state index in [-0.39, 0.29) is 5.56 Å². The summed E-state index contributed by atoms with van der Waals surface area (Å²) in [6.07, 6.45) is 1.63. The van der Waals surface area contributed by atoms with Crippen LogP contribution in [0.2, 0.25) is 0 Å². The lowest BCUT2D eigenvalue weighted by Gasteiger charge is -2.03. The van der Waals surface area contributed by atoms with Crippen molar-refractivity contribution in [3.05, 3.63) is 38.7 Å². The van der Waals surface area contributed by atoms with Crippen LogP contribution >= 0.6 is 11.3 Å². The van der Waals surface area contributed by atoms with Crippen LogP contribution in [0.1, 0.15) is 10.7 Å². The van der Waals surface area contributed by atoms with Crippen LogP contribution in [0.25, 0.3) is 0 Å². The third-order valence-electron chi connectivity index (χ3n) is 2.11. The second kappa shape index (κ2) is 4.44. The van der Waals surface area contributed by atoms with E-state index in [0.29, 0.717) is 6.54 Å². The molecule has 0 radical (unpaired) electrons. The van der Waals surface area contributed by atoms with Crippen molar-refractivity contribution < 1.29 is 0 Å². The zero-order chi connectivity index (χ0) is 11.5. The molecule has 0 aromatic carbocycles. The van der Waals surface area contributed by atoms with Gasteiger partial charge in [0.25, 0.3) is 5.56 Å². The second-order valence-corrected chi connectivity index (χ2v) is 4.32. The first-order valence-electron chi connectivity index (χ1n) is 4.85. The molecule has 84 valence electrons. The Morgan fingerprint density at radius 2 is 2.38 bits per heavy atom. The lowest BCUT2D eigenvalue weighted by Crippen LogP contribution is -2.22. The van der Waals surface area contributed by atoms with Crippen LogP contribution in [0.5, 0.6) is 0 Å². The lowest BCUT2D eigenvalue weighted by atomic mass is 10.4. The zero-order valence-corrected chi connectivity index (χ0v) is 9.91. The standard InChI is InChI=1S/C10H12N4OS/c1-7-6-16-9(13-7)5-14-10(15)3-8(11-2)4-12-14/h3-4,6,11H,5H2,1-2H3. The van der Waals surface area contributed by atoms with Gasteiger partial charge in [0.2, 0.25) is 0 Å². The van der Waals surface area contributed by atoms with E-state index in [9.17, 15) is 4.79 Å². The topological polar surface area (TPSA) is 59.8 Å². The van der Waals surface area contributed by atoms with Crippen molar-refractivity contribution >= 4 is 17.0 Å². The Labute approximate surface area is 96.8 Å². The number of rotatable bonds is 3. The minimum Gasteiger partial charge on any atom is -0.387 e. The largest absolute Gasteiger partial charge is 0.387 e. The first kappa shape index (κ1) is 10.8. The highest BCUT2D eigenvalue weighted by atomic mass is 32.1. The molecule has 0 saturated heterocycles. The van der Waals surface area contributed by atoms with Crippen molar-refractivity contribution in [1.29, 1.82) is 0 Å². The fourth-order valence-corrected chi connectivity index (χ4v) is 2.05. The second-order valence-electron chi connectivity index (χ2n) is 3.37. The zero-order valence-electron chi connectivity index (χ0n) is 9.10. The molecule has 0 saturated carbocycles. The Morgan fingerprint density at radius 3 is 2.94 bits per heavy atom. The third kappa shape index (κ3) is 2.27. The van der Waals surface area contributed by atoms with E-state index in [1.807, 2.05) is 12.3 Å². The lowest BCUT2D eigenvalue weighted by molar-refractivity contribution is 0.636. The molecule has 5 nitrogen and oxygen atoms in total. The number of anilines is 1. The fraction of sp³-hybridized carbons (Fsp3) is 0.300. The molecular weight excluding hydrogens is 224 g/mol. The molecule has 2 aromatic heterocycles. The Balaban J connectivity index is 2.25. The average Bonchev–Trinajstić information content (AvgIpc) is 2.67. The van der Waals surface area contributed by atoms with Gasteiger partial charge < -0.3 is 5.32 Å². The summed E-state index contributed by atoms with van der Waals surface area (Å²) in [5.74, 6) is 0. The van der Waals surface area contributed by atoms with E-state index in [4.69, 9.17) is 0 Å². The van der Waals surface area contributed by atoms with Crippen molar-refractivity contribution in [1.82, 2.24) is 14.8 Å². The molecule has 0 aliphatic carbocycles. The molecule has 0 atom stereocenters. The van der Waals surface area contributed by atoms with E-state index in [0.717, 1.165) is 16.4 Å². The summed E-state index contributed by atoms with van der Waals surface area (Å²) in [5.41, 5.74) is 1.57. The van der Waals surface area contributed by atoms with Gasteiger partial charge in [-0.3, -0.25) is 4.79 Å². The Morgan fingerprint density at radius 1 is 1.56 bits per heavy atom. The highest BCUT2D eigenvalue weighted by Gasteiger charge is 2.03. The van der Waals surface area contributed by atoms with Gasteiger partial charge in [0.15, 0.2) is 0 Å². The monoisotopic (exact) mass is 236 g/mol. The first-order valence-corrected chi connectivity index (χ1v) is 5.73. The molecule has 2 aromatic rings. The van der Waals surface area contributed by atoms with Gasteiger partial charge in [-0.05, 0) is 6.92 Å². The summed E-state index contributed by atoms with van der Waals surface area (Å²) in [6, 6.07) is 1.52. The molecular formula is C10H12N4OS. The Bertz CT molecular complexity index is 546. The van der Waals surface area contributed by atoms with E-state index in [2.05, 4.69) is 15.4 Å². The number of thiazole rings is 1. The molecule has 0 aliphatic rings. The molecule has 0 unspecified atom stereocenters. The molecule has 0 spiro atoms. The summed E-state index contributed by atoms with van der Waals surface area (Å²) < 4.78 is 1.40. The molecule has 2 heterocycles. The van der Waals surface area contributed by atoms with Crippen LogP contribution in [-0.2, 0) is 6.54 Å². The number of hydrogen-bond acceptors (Lipinski definition) is 5. The van der Waals surface area contributed by atoms with Gasteiger partial charge in [-0.1, -0.05) is 0 Å². The molecule has 0 bridgehead atoms. The summed E-state index contributed by atoms with van der Waals surface area (Å²) in [6.45, 7) is 2.36. The normalized spacial score (nSPS) is 10.4. The van der Waals surface area contributed by atoms with Crippen molar-refractivity contribution in [3.8, 4) is 0 Å². The van der Waals surface area contributed by atoms with Crippen LogP contribution < -0.4 is 10.9 Å². The minimum absolute atomic E-state index is 0.125. The highest BCUT2D eigenvalue weighted by Crippen LogP contribution is 2.09. The highest BCUT2D eigenvalue weighted by molar-refractivity contribution is 7.09. The third-order valence-corrected chi connectivity index (χ3v) is 3.06. The van der Waals surface area contributed by atoms with Gasteiger partial charge in [0.1, 0.15) is 5.01 Å². The molecule has 1 N–H and O–H groups in total. The quantitative estimate of drug-likeness (QED) is 0.867. The number of aromatic nitrogens is 3. The summed E-state index contributed by atoms with van der Waals surface area (Å²) in [5, 5.41) is 9.79. The molecule has 6 heteroatoms. The van der Waals surface area contributed by atoms with Crippen molar-refractivity contribution in [2.45, 2.75) is 13.5 Å². The predicted octanol–water partition coefficient (Wildman–Crippen LogP) is 1.10. The Kier molecular flexibility index (Phi) is 3.00. The van der Waals surface area contributed by atoms with Crippen LogP contribution in [0.3, 0.4) is 0 Å². The van der Waals surface area contributed by atoms with Crippen molar-refractivity contribution in [2.24, 2.45) is 0 Å². The van der Waals surface area contributed by atoms with Crippen molar-refractivity contribution in [2.75, 3.05) is 12.4 Å². The van der Waals surface area contributed by atoms with E-state index >= 15 is 0 Å². The summed E-state index contributed by atoms with van der Waals surface area (Å²) in [4.78, 5) is 15.9. The van der Waals surface area contributed by atoms with E-state index in [1.54, 1.807) is 13.2 Å². The van der Waals surface area contributed by atoms with Crippen LogP contribution in [0.15, 0.2) is 22.4 Å². The summed E-state index contributed by atoms with van der Waals surface area (Å²) in [7, 11) is 1.75. The molecule has 0 fully saturated rings. The SMILES string of the molecule is CNc1cnn(Cc2nc(C)cs2)c(=O)c1. The first-order chi connectivity index (χ1) is 7.69. The average molecular weight is 236 g/mol. The van der Waals surface area contributed by atoms with Crippen molar-refractivity contribution in [3.63, 3.8) is 0 Å². The van der Waals surface area contributed by atoms with Gasteiger partial charge in [-0.15, -0.1) is 11.3 Å². The maximum absolute atomic E-state index is 11.6. The maximum Gasteiger partial charge on any atom is 0.269 e. The van der Waals surface area contributed by atoms with Gasteiger partial charge >= 0.3 is 0 Å². The van der Waals surface area contributed by atoms with Gasteiger partial charge in [0, 0.05) is 24.2 Å². The molecule has 16 heavy (non-hydrogen) atoms. The van der Waals surface area contributed by atoms with Gasteiger partial charge in [-0.25, -0.2) is 9.67 Å². The number of hydrogen-bond donors (Lipinski definition) is 1. The maximum atomic E-state index is 11.6. The number of aryl methyl sites for hydroxylation is 1.